The van der Waals surface area contributed by atoms with Crippen molar-refractivity contribution in [3.8, 4) is 17.2 Å². The quantitative estimate of drug-likeness (QED) is 0.316. The maximum absolute atomic E-state index is 13.4. The number of aliphatic carboxylic acids is 1. The van der Waals surface area contributed by atoms with Gasteiger partial charge in [0.15, 0.2) is 6.04 Å². The van der Waals surface area contributed by atoms with Crippen LogP contribution in [0, 0.1) is 0 Å². The molecule has 2 aliphatic rings. The molecule has 8 heteroatoms. The molecule has 0 bridgehead atoms. The van der Waals surface area contributed by atoms with Gasteiger partial charge in [-0.1, -0.05) is 41.5 Å². The third kappa shape index (κ3) is 5.66. The van der Waals surface area contributed by atoms with Crippen LogP contribution in [0.1, 0.15) is 86.5 Å². The lowest BCUT2D eigenvalue weighted by Gasteiger charge is -2.41. The number of carbonyl (C=O) groups excluding carboxylic acids is 1. The number of phenolic OH excluding ortho intramolecular Hbond substituents is 2. The van der Waals surface area contributed by atoms with Gasteiger partial charge in [-0.25, -0.2) is 4.79 Å². The van der Waals surface area contributed by atoms with E-state index in [-0.39, 0.29) is 35.6 Å². The Morgan fingerprint density at radius 1 is 1.13 bits per heavy atom. The zero-order valence-electron chi connectivity index (χ0n) is 22.9. The molecule has 1 amide bonds. The van der Waals surface area contributed by atoms with E-state index < -0.39 is 29.6 Å². The summed E-state index contributed by atoms with van der Waals surface area (Å²) in [7, 11) is 0. The number of rotatable bonds is 9. The minimum Gasteiger partial charge on any atom is -0.508 e. The number of phenols is 2. The van der Waals surface area contributed by atoms with E-state index in [1.807, 2.05) is 6.92 Å². The predicted molar refractivity (Wildman–Crippen MR) is 147 cm³/mol. The lowest BCUT2D eigenvalue weighted by molar-refractivity contribution is -0.142. The van der Waals surface area contributed by atoms with Gasteiger partial charge in [-0.2, -0.15) is 0 Å². The number of hydrogen-bond donors (Lipinski definition) is 4. The van der Waals surface area contributed by atoms with Gasteiger partial charge in [0, 0.05) is 23.1 Å². The first-order chi connectivity index (χ1) is 18.4. The van der Waals surface area contributed by atoms with Crippen LogP contribution in [0.25, 0.3) is 0 Å². The molecule has 0 aliphatic carbocycles. The van der Waals surface area contributed by atoms with Crippen molar-refractivity contribution in [1.29, 1.82) is 0 Å². The van der Waals surface area contributed by atoms with Crippen molar-refractivity contribution in [2.45, 2.75) is 84.1 Å². The Balaban J connectivity index is 1.60. The maximum atomic E-state index is 13.4. The van der Waals surface area contributed by atoms with Gasteiger partial charge >= 0.3 is 5.97 Å². The number of nitrogens with zero attached hydrogens (tertiary/aromatic N) is 1. The van der Waals surface area contributed by atoms with E-state index in [2.05, 4.69) is 32.9 Å². The van der Waals surface area contributed by atoms with Crippen LogP contribution in [0.2, 0.25) is 0 Å². The molecule has 39 heavy (non-hydrogen) atoms. The molecular formula is C31H37NO7. The second-order valence-electron chi connectivity index (χ2n) is 11.0. The Kier molecular flexibility index (Phi) is 8.07. The van der Waals surface area contributed by atoms with Gasteiger partial charge in [0.05, 0.1) is 18.2 Å². The predicted octanol–water partition coefficient (Wildman–Crippen LogP) is 5.41. The number of fused-ring (bicyclic) bond motifs is 3. The van der Waals surface area contributed by atoms with Gasteiger partial charge in [0.1, 0.15) is 22.8 Å². The number of carboxylic acids is 1. The summed E-state index contributed by atoms with van der Waals surface area (Å²) in [5.41, 5.74) is 2.70. The van der Waals surface area contributed by atoms with Gasteiger partial charge in [0.2, 0.25) is 0 Å². The average molecular weight is 536 g/mol. The third-order valence-corrected chi connectivity index (χ3v) is 7.72. The van der Waals surface area contributed by atoms with Crippen molar-refractivity contribution in [2.24, 2.45) is 0 Å². The Bertz CT molecular complexity index is 1340. The molecule has 0 spiro atoms. The number of hydrogen-bond acceptors (Lipinski definition) is 6. The van der Waals surface area contributed by atoms with Crippen LogP contribution < -0.4 is 4.74 Å². The van der Waals surface area contributed by atoms with E-state index in [1.165, 1.54) is 29.3 Å². The molecule has 3 unspecified atom stereocenters. The van der Waals surface area contributed by atoms with E-state index in [0.29, 0.717) is 29.7 Å². The zero-order valence-corrected chi connectivity index (χ0v) is 22.9. The third-order valence-electron chi connectivity index (χ3n) is 7.72. The highest BCUT2D eigenvalue weighted by Gasteiger charge is 2.46. The number of para-hydroxylation sites is 1. The number of ether oxygens (including phenoxy) is 1. The number of aliphatic hydroxyl groups is 1. The van der Waals surface area contributed by atoms with Gasteiger partial charge in [0.25, 0.3) is 5.91 Å². The first-order valence-electron chi connectivity index (χ1n) is 13.3. The smallest absolute Gasteiger partial charge is 0.331 e. The molecule has 2 aliphatic heterocycles. The topological polar surface area (TPSA) is 128 Å². The Morgan fingerprint density at radius 3 is 2.51 bits per heavy atom. The fraction of sp³-hybridized carbons (Fsp3) is 0.419. The standard InChI is InChI=1S/C31H37NO7/c1-18(2)9-7-10-19(3)11-8-14-31(4)26(35)16-22-25(34)15-21-23(28(22)39-31)17-32(29(21)36)27(30(37)38)20-12-5-6-13-24(20)33/h5-6,9,11-13,15,26-27,33-35H,7-8,10,14,16-17H2,1-4H3,(H,37,38)/b19-11+. The SMILES string of the molecule is CC(C)=CCC/C(C)=C/CCC1(C)Oc2c(c(O)cc3c2CN(C(C(=O)O)c2ccccc2O)C3=O)CC1O. The number of carbonyl (C=O) groups is 2. The summed E-state index contributed by atoms with van der Waals surface area (Å²) < 4.78 is 6.39. The molecule has 8 nitrogen and oxygen atoms in total. The van der Waals surface area contributed by atoms with Crippen molar-refractivity contribution in [3.63, 3.8) is 0 Å². The molecule has 208 valence electrons. The molecule has 2 heterocycles. The van der Waals surface area contributed by atoms with Crippen LogP contribution >= 0.6 is 0 Å². The van der Waals surface area contributed by atoms with Crippen molar-refractivity contribution < 1.29 is 34.8 Å². The molecular weight excluding hydrogens is 498 g/mol. The highest BCUT2D eigenvalue weighted by atomic mass is 16.5. The second kappa shape index (κ2) is 11.1. The van der Waals surface area contributed by atoms with E-state index in [9.17, 15) is 30.0 Å². The summed E-state index contributed by atoms with van der Waals surface area (Å²) in [5.74, 6) is -1.95. The number of amides is 1. The van der Waals surface area contributed by atoms with Gasteiger partial charge in [-0.3, -0.25) is 4.79 Å². The molecule has 3 atom stereocenters. The molecule has 4 N–H and O–H groups in total. The molecule has 0 saturated carbocycles. The van der Waals surface area contributed by atoms with Crippen LogP contribution in [-0.4, -0.2) is 48.9 Å². The van der Waals surface area contributed by atoms with Crippen molar-refractivity contribution >= 4 is 11.9 Å². The number of allylic oxidation sites excluding steroid dienone is 4. The van der Waals surface area contributed by atoms with E-state index >= 15 is 0 Å². The number of benzene rings is 2. The largest absolute Gasteiger partial charge is 0.508 e. The Labute approximate surface area is 228 Å². The Hall–Kier alpha value is -3.78. The maximum Gasteiger partial charge on any atom is 0.331 e. The van der Waals surface area contributed by atoms with Crippen molar-refractivity contribution in [2.75, 3.05) is 0 Å². The summed E-state index contributed by atoms with van der Waals surface area (Å²) in [6.45, 7) is 7.99. The second-order valence-corrected chi connectivity index (χ2v) is 11.0. The molecule has 0 saturated heterocycles. The molecule has 4 rings (SSSR count). The lowest BCUT2D eigenvalue weighted by atomic mass is 9.84. The monoisotopic (exact) mass is 535 g/mol. The first-order valence-corrected chi connectivity index (χ1v) is 13.3. The highest BCUT2D eigenvalue weighted by molar-refractivity contribution is 6.02. The number of aliphatic hydroxyl groups excluding tert-OH is 1. The van der Waals surface area contributed by atoms with E-state index in [4.69, 9.17) is 4.74 Å². The first kappa shape index (κ1) is 28.2. The summed E-state index contributed by atoms with van der Waals surface area (Å²) in [6, 6.07) is 5.91. The molecule has 0 radical (unpaired) electrons. The van der Waals surface area contributed by atoms with Crippen LogP contribution in [0.15, 0.2) is 53.6 Å². The van der Waals surface area contributed by atoms with Crippen molar-refractivity contribution in [3.05, 3.63) is 75.9 Å². The highest BCUT2D eigenvalue weighted by Crippen LogP contribution is 2.48. The number of carboxylic acid groups (broad SMARTS) is 1. The van der Waals surface area contributed by atoms with Gasteiger partial charge in [-0.15, -0.1) is 0 Å². The minimum atomic E-state index is -1.43. The molecule has 0 fully saturated rings. The summed E-state index contributed by atoms with van der Waals surface area (Å²) >= 11 is 0. The Morgan fingerprint density at radius 2 is 1.85 bits per heavy atom. The number of aromatic hydroxyl groups is 2. The van der Waals surface area contributed by atoms with Crippen LogP contribution in [0.4, 0.5) is 0 Å². The normalized spacial score (nSPS) is 21.2. The molecule has 0 aromatic heterocycles. The van der Waals surface area contributed by atoms with Crippen LogP contribution in [0.5, 0.6) is 17.2 Å². The van der Waals surface area contributed by atoms with Gasteiger partial charge < -0.3 is 30.1 Å². The fourth-order valence-corrected chi connectivity index (χ4v) is 5.38. The summed E-state index contributed by atoms with van der Waals surface area (Å²) in [4.78, 5) is 26.9. The molecule has 2 aromatic rings. The minimum absolute atomic E-state index is 0.0718. The zero-order chi connectivity index (χ0) is 28.5. The molecule has 2 aromatic carbocycles. The van der Waals surface area contributed by atoms with Crippen LogP contribution in [-0.2, 0) is 17.8 Å². The average Bonchev–Trinajstić information content (AvgIpc) is 3.17. The summed E-state index contributed by atoms with van der Waals surface area (Å²) in [5, 5.41) is 42.1. The van der Waals surface area contributed by atoms with Crippen molar-refractivity contribution in [1.82, 2.24) is 4.90 Å². The fourth-order valence-electron chi connectivity index (χ4n) is 5.38. The lowest BCUT2D eigenvalue weighted by Crippen LogP contribution is -2.49. The van der Waals surface area contributed by atoms with E-state index in [1.54, 1.807) is 12.1 Å². The summed E-state index contributed by atoms with van der Waals surface area (Å²) in [6.07, 6.45) is 6.75. The van der Waals surface area contributed by atoms with Gasteiger partial charge in [-0.05, 0) is 65.5 Å². The van der Waals surface area contributed by atoms with Crippen LogP contribution in [0.3, 0.4) is 0 Å². The van der Waals surface area contributed by atoms with E-state index in [0.717, 1.165) is 17.7 Å².